The number of thioether (sulfide) groups is 1. The van der Waals surface area contributed by atoms with Crippen molar-refractivity contribution in [1.82, 2.24) is 10.6 Å². The van der Waals surface area contributed by atoms with Crippen molar-refractivity contribution in [3.63, 3.8) is 0 Å². The SMILES string of the molecule is CC(C)(C)OC(=O)NCc1ccc(C(=O)NC2CCSc3ccc(Cl)cc32)cc1. The number of fused-ring (bicyclic) bond motifs is 1. The van der Waals surface area contributed by atoms with Gasteiger partial charge in [0, 0.05) is 27.8 Å². The van der Waals surface area contributed by atoms with Gasteiger partial charge in [0.1, 0.15) is 5.60 Å². The zero-order chi connectivity index (χ0) is 21.0. The number of alkyl carbamates (subject to hydrolysis) is 1. The summed E-state index contributed by atoms with van der Waals surface area (Å²) in [6.07, 6.45) is 0.397. The van der Waals surface area contributed by atoms with Gasteiger partial charge in [-0.3, -0.25) is 4.79 Å². The quantitative estimate of drug-likeness (QED) is 0.685. The number of ether oxygens (including phenoxy) is 1. The molecule has 0 saturated carbocycles. The Kier molecular flexibility index (Phi) is 6.75. The van der Waals surface area contributed by atoms with Crippen LogP contribution in [0, 0.1) is 0 Å². The van der Waals surface area contributed by atoms with E-state index in [0.29, 0.717) is 17.1 Å². The van der Waals surface area contributed by atoms with Crippen LogP contribution in [0.3, 0.4) is 0 Å². The van der Waals surface area contributed by atoms with Crippen molar-refractivity contribution in [2.45, 2.75) is 50.3 Å². The van der Waals surface area contributed by atoms with Crippen molar-refractivity contribution in [3.8, 4) is 0 Å². The fourth-order valence-electron chi connectivity index (χ4n) is 3.02. The monoisotopic (exact) mass is 432 g/mol. The summed E-state index contributed by atoms with van der Waals surface area (Å²) in [6, 6.07) is 12.9. The van der Waals surface area contributed by atoms with E-state index in [1.165, 1.54) is 0 Å². The molecule has 0 aliphatic carbocycles. The van der Waals surface area contributed by atoms with Crippen LogP contribution in [0.25, 0.3) is 0 Å². The Hall–Kier alpha value is -2.18. The minimum Gasteiger partial charge on any atom is -0.444 e. The second-order valence-corrected chi connectivity index (χ2v) is 9.47. The van der Waals surface area contributed by atoms with Crippen molar-refractivity contribution < 1.29 is 14.3 Å². The molecule has 5 nitrogen and oxygen atoms in total. The highest BCUT2D eigenvalue weighted by Crippen LogP contribution is 2.37. The molecule has 0 saturated heterocycles. The molecular formula is C22H25ClN2O3S. The average molecular weight is 433 g/mol. The first kappa shape index (κ1) is 21.5. The van der Waals surface area contributed by atoms with Gasteiger partial charge >= 0.3 is 6.09 Å². The topological polar surface area (TPSA) is 67.4 Å². The lowest BCUT2D eigenvalue weighted by atomic mass is 10.0. The maximum absolute atomic E-state index is 12.7. The summed E-state index contributed by atoms with van der Waals surface area (Å²) < 4.78 is 5.22. The molecule has 7 heteroatoms. The molecule has 2 aromatic rings. The first-order chi connectivity index (χ1) is 13.7. The highest BCUT2D eigenvalue weighted by molar-refractivity contribution is 7.99. The molecule has 2 aromatic carbocycles. The molecule has 1 aliphatic rings. The van der Waals surface area contributed by atoms with Gasteiger partial charge in [-0.2, -0.15) is 0 Å². The number of halogens is 1. The van der Waals surface area contributed by atoms with Crippen LogP contribution in [0.5, 0.6) is 0 Å². The lowest BCUT2D eigenvalue weighted by Crippen LogP contribution is -2.32. The third-order valence-electron chi connectivity index (χ3n) is 4.37. The Balaban J connectivity index is 1.59. The number of hydrogen-bond acceptors (Lipinski definition) is 4. The van der Waals surface area contributed by atoms with E-state index in [4.69, 9.17) is 16.3 Å². The predicted octanol–water partition coefficient (Wildman–Crippen LogP) is 5.33. The number of benzene rings is 2. The Morgan fingerprint density at radius 3 is 2.59 bits per heavy atom. The Labute approximate surface area is 180 Å². The highest BCUT2D eigenvalue weighted by atomic mass is 35.5. The van der Waals surface area contributed by atoms with Crippen molar-refractivity contribution >= 4 is 35.4 Å². The molecule has 0 fully saturated rings. The lowest BCUT2D eigenvalue weighted by Gasteiger charge is -2.26. The van der Waals surface area contributed by atoms with Crippen LogP contribution in [-0.2, 0) is 11.3 Å². The second-order valence-electron chi connectivity index (χ2n) is 7.90. The van der Waals surface area contributed by atoms with E-state index in [9.17, 15) is 9.59 Å². The molecule has 2 N–H and O–H groups in total. The summed E-state index contributed by atoms with van der Waals surface area (Å²) >= 11 is 7.92. The van der Waals surface area contributed by atoms with Gasteiger partial charge < -0.3 is 15.4 Å². The number of carbonyl (C=O) groups excluding carboxylic acids is 2. The molecule has 0 radical (unpaired) electrons. The van der Waals surface area contributed by atoms with Crippen LogP contribution >= 0.6 is 23.4 Å². The van der Waals surface area contributed by atoms with Gasteiger partial charge in [0.25, 0.3) is 5.91 Å². The first-order valence-corrected chi connectivity index (χ1v) is 10.9. The maximum atomic E-state index is 12.7. The first-order valence-electron chi connectivity index (χ1n) is 9.50. The molecule has 1 heterocycles. The summed E-state index contributed by atoms with van der Waals surface area (Å²) in [7, 11) is 0. The van der Waals surface area contributed by atoms with Crippen LogP contribution in [0.1, 0.15) is 54.7 Å². The van der Waals surface area contributed by atoms with Gasteiger partial charge in [0.2, 0.25) is 0 Å². The largest absolute Gasteiger partial charge is 0.444 e. The van der Waals surface area contributed by atoms with Crippen LogP contribution in [0.4, 0.5) is 4.79 Å². The van der Waals surface area contributed by atoms with Gasteiger partial charge in [0.05, 0.1) is 6.04 Å². The van der Waals surface area contributed by atoms with Crippen LogP contribution in [0.2, 0.25) is 5.02 Å². The van der Waals surface area contributed by atoms with E-state index in [-0.39, 0.29) is 11.9 Å². The van der Waals surface area contributed by atoms with Crippen molar-refractivity contribution in [3.05, 3.63) is 64.2 Å². The van der Waals surface area contributed by atoms with E-state index < -0.39 is 11.7 Å². The van der Waals surface area contributed by atoms with Crippen LogP contribution in [-0.4, -0.2) is 23.4 Å². The van der Waals surface area contributed by atoms with E-state index in [1.54, 1.807) is 23.9 Å². The van der Waals surface area contributed by atoms with Crippen molar-refractivity contribution in [2.75, 3.05) is 5.75 Å². The number of carbonyl (C=O) groups is 2. The number of nitrogens with one attached hydrogen (secondary N) is 2. The predicted molar refractivity (Wildman–Crippen MR) is 117 cm³/mol. The molecule has 0 bridgehead atoms. The fraction of sp³-hybridized carbons (Fsp3) is 0.364. The molecule has 1 atom stereocenters. The summed E-state index contributed by atoms with van der Waals surface area (Å²) in [5.74, 6) is 0.828. The Morgan fingerprint density at radius 1 is 1.17 bits per heavy atom. The minimum atomic E-state index is -0.535. The van der Waals surface area contributed by atoms with Crippen molar-refractivity contribution in [1.29, 1.82) is 0 Å². The zero-order valence-electron chi connectivity index (χ0n) is 16.8. The summed E-state index contributed by atoms with van der Waals surface area (Å²) in [4.78, 5) is 25.6. The van der Waals surface area contributed by atoms with E-state index >= 15 is 0 Å². The van der Waals surface area contributed by atoms with Crippen LogP contribution < -0.4 is 10.6 Å². The maximum Gasteiger partial charge on any atom is 0.407 e. The lowest BCUT2D eigenvalue weighted by molar-refractivity contribution is 0.0523. The standard InChI is InChI=1S/C22H25ClN2O3S/c1-22(2,3)28-21(27)24-13-14-4-6-15(7-5-14)20(26)25-18-10-11-29-19-9-8-16(23)12-17(18)19/h4-9,12,18H,10-11,13H2,1-3H3,(H,24,27)(H,25,26). The minimum absolute atomic E-state index is 0.0500. The van der Waals surface area contributed by atoms with E-state index in [0.717, 1.165) is 28.2 Å². The average Bonchev–Trinajstić information content (AvgIpc) is 2.66. The van der Waals surface area contributed by atoms with Gasteiger partial charge in [0.15, 0.2) is 0 Å². The fourth-order valence-corrected chi connectivity index (χ4v) is 4.31. The molecule has 3 rings (SSSR count). The molecule has 2 amide bonds. The summed E-state index contributed by atoms with van der Waals surface area (Å²) in [5, 5.41) is 6.50. The van der Waals surface area contributed by atoms with E-state index in [2.05, 4.69) is 10.6 Å². The highest BCUT2D eigenvalue weighted by Gasteiger charge is 2.23. The van der Waals surface area contributed by atoms with E-state index in [1.807, 2.05) is 51.1 Å². The third-order valence-corrected chi connectivity index (χ3v) is 5.73. The molecule has 0 spiro atoms. The third kappa shape index (κ3) is 6.15. The second kappa shape index (κ2) is 9.09. The summed E-state index contributed by atoms with van der Waals surface area (Å²) in [5.41, 5.74) is 2.00. The Bertz CT molecular complexity index is 894. The molecule has 1 unspecified atom stereocenters. The molecule has 0 aromatic heterocycles. The number of hydrogen-bond donors (Lipinski definition) is 2. The normalized spacial score (nSPS) is 15.9. The Morgan fingerprint density at radius 2 is 1.90 bits per heavy atom. The van der Waals surface area contributed by atoms with Crippen molar-refractivity contribution in [2.24, 2.45) is 0 Å². The van der Waals surface area contributed by atoms with Crippen LogP contribution in [0.15, 0.2) is 47.4 Å². The smallest absolute Gasteiger partial charge is 0.407 e. The number of amides is 2. The zero-order valence-corrected chi connectivity index (χ0v) is 18.3. The molecule has 154 valence electrons. The molecular weight excluding hydrogens is 408 g/mol. The van der Waals surface area contributed by atoms with Gasteiger partial charge in [-0.05, 0) is 68.7 Å². The van der Waals surface area contributed by atoms with Gasteiger partial charge in [-0.1, -0.05) is 23.7 Å². The van der Waals surface area contributed by atoms with Gasteiger partial charge in [-0.15, -0.1) is 11.8 Å². The van der Waals surface area contributed by atoms with Gasteiger partial charge in [-0.25, -0.2) is 4.79 Å². The summed E-state index contributed by atoms with van der Waals surface area (Å²) in [6.45, 7) is 5.79. The number of rotatable bonds is 4. The molecule has 29 heavy (non-hydrogen) atoms. The molecule has 1 aliphatic heterocycles.